The van der Waals surface area contributed by atoms with Crippen LogP contribution in [-0.4, -0.2) is 35.6 Å². The molecule has 0 bridgehead atoms. The first-order valence-corrected chi connectivity index (χ1v) is 4.48. The summed E-state index contributed by atoms with van der Waals surface area (Å²) in [5.74, 6) is -1.53. The van der Waals surface area contributed by atoms with Crippen molar-refractivity contribution in [1.29, 1.82) is 0 Å². The van der Waals surface area contributed by atoms with Crippen molar-refractivity contribution in [3.63, 3.8) is 0 Å². The smallest absolute Gasteiger partial charge is 0.325 e. The highest BCUT2D eigenvalue weighted by atomic mass is 16.4. The molecule has 0 fully saturated rings. The summed E-state index contributed by atoms with van der Waals surface area (Å²) in [4.78, 5) is 21.6. The maximum Gasteiger partial charge on any atom is 0.325 e. The predicted molar refractivity (Wildman–Crippen MR) is 51.5 cm³/mol. The number of carboxylic acids is 1. The molecule has 0 saturated carbocycles. The van der Waals surface area contributed by atoms with E-state index >= 15 is 0 Å². The van der Waals surface area contributed by atoms with Crippen LogP contribution in [0, 0.1) is 0 Å². The average Bonchev–Trinajstić information content (AvgIpc) is 2.13. The van der Waals surface area contributed by atoms with Crippen molar-refractivity contribution in [1.82, 2.24) is 5.32 Å². The number of nitrogens with one attached hydrogen (secondary N) is 1. The lowest BCUT2D eigenvalue weighted by Gasteiger charge is -2.14. The third-order valence-corrected chi connectivity index (χ3v) is 1.79. The molecule has 0 aliphatic carbocycles. The Morgan fingerprint density at radius 1 is 1.50 bits per heavy atom. The van der Waals surface area contributed by atoms with Crippen molar-refractivity contribution >= 4 is 11.9 Å². The van der Waals surface area contributed by atoms with E-state index in [1.54, 1.807) is 0 Å². The van der Waals surface area contributed by atoms with E-state index in [-0.39, 0.29) is 0 Å². The zero-order valence-electron chi connectivity index (χ0n) is 8.19. The summed E-state index contributed by atoms with van der Waals surface area (Å²) in [6.45, 7) is 1.85. The molecule has 0 aromatic heterocycles. The molecule has 1 amide bonds. The van der Waals surface area contributed by atoms with Gasteiger partial charge in [-0.05, 0) is 26.3 Å². The van der Waals surface area contributed by atoms with Crippen LogP contribution in [0.5, 0.6) is 0 Å². The standard InChI is InChI=1S/C8H17N3O3/c1-5(8(13)14)11-7(12)6(10)3-2-4-9/h5-6H,2-4,9-10H2,1H3,(H,11,12)(H,13,14)/t5-,6-/m0/s1. The Kier molecular flexibility index (Phi) is 5.82. The highest BCUT2D eigenvalue weighted by Crippen LogP contribution is 1.93. The molecule has 0 spiro atoms. The minimum atomic E-state index is -1.08. The predicted octanol–water partition coefficient (Wildman–Crippen LogP) is -1.36. The average molecular weight is 203 g/mol. The SMILES string of the molecule is C[C@H](NC(=O)[C@@H](N)CCCN)C(=O)O. The summed E-state index contributed by atoms with van der Waals surface area (Å²) in [5, 5.41) is 10.8. The van der Waals surface area contributed by atoms with Crippen LogP contribution in [0.4, 0.5) is 0 Å². The van der Waals surface area contributed by atoms with Crippen LogP contribution < -0.4 is 16.8 Å². The Bertz CT molecular complexity index is 208. The van der Waals surface area contributed by atoms with Crippen molar-refractivity contribution < 1.29 is 14.7 Å². The first-order chi connectivity index (χ1) is 6.49. The first-order valence-electron chi connectivity index (χ1n) is 4.48. The molecule has 0 rings (SSSR count). The lowest BCUT2D eigenvalue weighted by atomic mass is 10.1. The van der Waals surface area contributed by atoms with Gasteiger partial charge in [0.25, 0.3) is 0 Å². The number of carbonyl (C=O) groups is 2. The quantitative estimate of drug-likeness (QED) is 0.425. The summed E-state index contributed by atoms with van der Waals surface area (Å²) in [6, 6.07) is -1.59. The molecule has 0 unspecified atom stereocenters. The van der Waals surface area contributed by atoms with Gasteiger partial charge in [-0.1, -0.05) is 0 Å². The van der Waals surface area contributed by atoms with Crippen molar-refractivity contribution in [3.05, 3.63) is 0 Å². The van der Waals surface area contributed by atoms with Gasteiger partial charge in [0, 0.05) is 0 Å². The van der Waals surface area contributed by atoms with Crippen LogP contribution in [0.2, 0.25) is 0 Å². The molecule has 6 heteroatoms. The first kappa shape index (κ1) is 12.9. The maximum absolute atomic E-state index is 11.2. The Balaban J connectivity index is 3.88. The lowest BCUT2D eigenvalue weighted by Crippen LogP contribution is -2.47. The van der Waals surface area contributed by atoms with E-state index in [9.17, 15) is 9.59 Å². The number of hydrogen-bond donors (Lipinski definition) is 4. The van der Waals surface area contributed by atoms with Crippen LogP contribution in [0.1, 0.15) is 19.8 Å². The van der Waals surface area contributed by atoms with Crippen LogP contribution in [0.15, 0.2) is 0 Å². The Hall–Kier alpha value is -1.14. The molecule has 0 saturated heterocycles. The Labute approximate surface area is 82.6 Å². The number of amides is 1. The van der Waals surface area contributed by atoms with Gasteiger partial charge in [-0.3, -0.25) is 9.59 Å². The molecule has 2 atom stereocenters. The highest BCUT2D eigenvalue weighted by molar-refractivity contribution is 5.86. The normalized spacial score (nSPS) is 14.5. The van der Waals surface area contributed by atoms with Crippen LogP contribution in [0.25, 0.3) is 0 Å². The third kappa shape index (κ3) is 4.78. The molecule has 6 N–H and O–H groups in total. The van der Waals surface area contributed by atoms with E-state index in [1.165, 1.54) is 6.92 Å². The third-order valence-electron chi connectivity index (χ3n) is 1.79. The number of carbonyl (C=O) groups excluding carboxylic acids is 1. The minimum absolute atomic E-state index is 0.451. The lowest BCUT2D eigenvalue weighted by molar-refractivity contribution is -0.141. The van der Waals surface area contributed by atoms with Crippen molar-refractivity contribution in [2.24, 2.45) is 11.5 Å². The minimum Gasteiger partial charge on any atom is -0.480 e. The second kappa shape index (κ2) is 6.33. The monoisotopic (exact) mass is 203 g/mol. The summed E-state index contributed by atoms with van der Waals surface area (Å²) in [7, 11) is 0. The molecule has 0 aliphatic rings. The summed E-state index contributed by atoms with van der Waals surface area (Å²) >= 11 is 0. The largest absolute Gasteiger partial charge is 0.480 e. The summed E-state index contributed by atoms with van der Waals surface area (Å²) < 4.78 is 0. The van der Waals surface area contributed by atoms with Gasteiger partial charge < -0.3 is 21.9 Å². The van der Waals surface area contributed by atoms with Crippen molar-refractivity contribution in [2.75, 3.05) is 6.54 Å². The van der Waals surface area contributed by atoms with Crippen LogP contribution in [-0.2, 0) is 9.59 Å². The van der Waals surface area contributed by atoms with Crippen LogP contribution >= 0.6 is 0 Å². The number of aliphatic carboxylic acids is 1. The van der Waals surface area contributed by atoms with Gasteiger partial charge in [-0.15, -0.1) is 0 Å². The number of hydrogen-bond acceptors (Lipinski definition) is 4. The van der Waals surface area contributed by atoms with Gasteiger partial charge >= 0.3 is 5.97 Å². The Morgan fingerprint density at radius 2 is 2.07 bits per heavy atom. The summed E-state index contributed by atoms with van der Waals surface area (Å²) in [6.07, 6.45) is 1.12. The molecule has 6 nitrogen and oxygen atoms in total. The van der Waals surface area contributed by atoms with Crippen molar-refractivity contribution in [2.45, 2.75) is 31.8 Å². The van der Waals surface area contributed by atoms with Gasteiger partial charge in [0.1, 0.15) is 6.04 Å². The van der Waals surface area contributed by atoms with Gasteiger partial charge in [0.05, 0.1) is 6.04 Å². The van der Waals surface area contributed by atoms with E-state index in [0.29, 0.717) is 19.4 Å². The molecular weight excluding hydrogens is 186 g/mol. The van der Waals surface area contributed by atoms with E-state index in [0.717, 1.165) is 0 Å². The van der Waals surface area contributed by atoms with Gasteiger partial charge in [-0.2, -0.15) is 0 Å². The maximum atomic E-state index is 11.2. The fraction of sp³-hybridized carbons (Fsp3) is 0.750. The van der Waals surface area contributed by atoms with Gasteiger partial charge in [0.2, 0.25) is 5.91 Å². The number of nitrogens with two attached hydrogens (primary N) is 2. The molecule has 0 aromatic rings. The number of rotatable bonds is 6. The fourth-order valence-corrected chi connectivity index (χ4v) is 0.851. The highest BCUT2D eigenvalue weighted by Gasteiger charge is 2.18. The second-order valence-corrected chi connectivity index (χ2v) is 3.11. The second-order valence-electron chi connectivity index (χ2n) is 3.11. The number of carboxylic acid groups (broad SMARTS) is 1. The molecule has 0 aliphatic heterocycles. The van der Waals surface area contributed by atoms with E-state index in [2.05, 4.69) is 5.32 Å². The van der Waals surface area contributed by atoms with Crippen LogP contribution in [0.3, 0.4) is 0 Å². The molecule has 0 radical (unpaired) electrons. The van der Waals surface area contributed by atoms with E-state index in [1.807, 2.05) is 0 Å². The van der Waals surface area contributed by atoms with E-state index in [4.69, 9.17) is 16.6 Å². The van der Waals surface area contributed by atoms with Gasteiger partial charge in [0.15, 0.2) is 0 Å². The summed E-state index contributed by atoms with van der Waals surface area (Å²) in [5.41, 5.74) is 10.7. The fourth-order valence-electron chi connectivity index (χ4n) is 0.851. The zero-order chi connectivity index (χ0) is 11.1. The van der Waals surface area contributed by atoms with Crippen molar-refractivity contribution in [3.8, 4) is 0 Å². The van der Waals surface area contributed by atoms with Gasteiger partial charge in [-0.25, -0.2) is 0 Å². The van der Waals surface area contributed by atoms with E-state index < -0.39 is 24.0 Å². The molecule has 0 aromatic carbocycles. The topological polar surface area (TPSA) is 118 Å². The Morgan fingerprint density at radius 3 is 2.50 bits per heavy atom. The molecule has 82 valence electrons. The molecule has 14 heavy (non-hydrogen) atoms. The molecular formula is C8H17N3O3. The molecule has 0 heterocycles. The zero-order valence-corrected chi connectivity index (χ0v) is 8.19.